The monoisotopic (exact) mass is 522 g/mol. The van der Waals surface area contributed by atoms with Crippen molar-refractivity contribution in [3.05, 3.63) is 0 Å². The zero-order chi connectivity index (χ0) is 27.0. The lowest BCUT2D eigenvalue weighted by molar-refractivity contribution is -0.163. The summed E-state index contributed by atoms with van der Waals surface area (Å²) >= 11 is 0. The maximum absolute atomic E-state index is 12.7. The predicted octanol–water partition coefficient (Wildman–Crippen LogP) is 9.97. The molecule has 1 rings (SSSR count). The minimum absolute atomic E-state index is 0.175. The van der Waals surface area contributed by atoms with Gasteiger partial charge in [-0.15, -0.1) is 0 Å². The van der Waals surface area contributed by atoms with Gasteiger partial charge in [0.05, 0.1) is 25.0 Å². The molecular weight excluding hydrogens is 460 g/mol. The highest BCUT2D eigenvalue weighted by atomic mass is 16.5. The van der Waals surface area contributed by atoms with Crippen LogP contribution in [0, 0.1) is 17.8 Å². The number of rotatable bonds is 24. The Labute approximate surface area is 230 Å². The largest absolute Gasteiger partial charge is 0.465 e. The van der Waals surface area contributed by atoms with Gasteiger partial charge in [0.25, 0.3) is 0 Å². The van der Waals surface area contributed by atoms with Gasteiger partial charge in [-0.05, 0) is 31.6 Å². The molecule has 0 heterocycles. The zero-order valence-electron chi connectivity index (χ0n) is 25.0. The van der Waals surface area contributed by atoms with Gasteiger partial charge in [-0.2, -0.15) is 0 Å². The molecule has 0 aromatic carbocycles. The van der Waals surface area contributed by atoms with Crippen LogP contribution >= 0.6 is 0 Å². The lowest BCUT2D eigenvalue weighted by Crippen LogP contribution is -2.35. The van der Waals surface area contributed by atoms with Crippen molar-refractivity contribution < 1.29 is 19.1 Å². The average Bonchev–Trinajstić information content (AvgIpc) is 2.90. The van der Waals surface area contributed by atoms with Crippen LogP contribution in [0.3, 0.4) is 0 Å². The number of carbonyl (C=O) groups is 2. The van der Waals surface area contributed by atoms with Gasteiger partial charge in [0.1, 0.15) is 0 Å². The first-order valence-corrected chi connectivity index (χ1v) is 16.4. The van der Waals surface area contributed by atoms with Crippen molar-refractivity contribution in [1.29, 1.82) is 0 Å². The van der Waals surface area contributed by atoms with Crippen LogP contribution in [0.5, 0.6) is 0 Å². The van der Waals surface area contributed by atoms with Gasteiger partial charge in [0.2, 0.25) is 0 Å². The fourth-order valence-electron chi connectivity index (χ4n) is 5.56. The summed E-state index contributed by atoms with van der Waals surface area (Å²) < 4.78 is 11.2. The lowest BCUT2D eigenvalue weighted by atomic mass is 9.79. The first-order chi connectivity index (χ1) is 18.1. The molecule has 1 aliphatic rings. The molecule has 0 amide bonds. The molecule has 2 unspecified atom stereocenters. The summed E-state index contributed by atoms with van der Waals surface area (Å²) in [6.45, 7) is 7.83. The van der Waals surface area contributed by atoms with Crippen molar-refractivity contribution in [2.75, 3.05) is 13.2 Å². The molecule has 37 heavy (non-hydrogen) atoms. The standard InChI is InChI=1S/C33H62O4/c1-4-5-6-7-8-9-10-11-14-17-22-27-36-32(34)30-25-20-21-26-31(30)33(35)37-28-23-18-15-12-13-16-19-24-29(2)3/h29-31H,4-28H2,1-3H3. The fourth-order valence-corrected chi connectivity index (χ4v) is 5.56. The van der Waals surface area contributed by atoms with Gasteiger partial charge in [-0.1, -0.05) is 143 Å². The van der Waals surface area contributed by atoms with E-state index in [0.29, 0.717) is 13.2 Å². The molecule has 2 atom stereocenters. The van der Waals surface area contributed by atoms with Crippen LogP contribution in [0.2, 0.25) is 0 Å². The Hall–Kier alpha value is -1.06. The topological polar surface area (TPSA) is 52.6 Å². The third-order valence-corrected chi connectivity index (χ3v) is 8.03. The second kappa shape index (κ2) is 24.0. The third kappa shape index (κ3) is 18.8. The molecule has 1 fully saturated rings. The Morgan fingerprint density at radius 1 is 0.568 bits per heavy atom. The molecule has 218 valence electrons. The van der Waals surface area contributed by atoms with E-state index < -0.39 is 0 Å². The molecule has 0 bridgehead atoms. The summed E-state index contributed by atoms with van der Waals surface area (Å²) in [5.41, 5.74) is 0. The molecule has 0 spiro atoms. The van der Waals surface area contributed by atoms with Crippen LogP contribution in [0.15, 0.2) is 0 Å². The van der Waals surface area contributed by atoms with E-state index in [2.05, 4.69) is 20.8 Å². The average molecular weight is 523 g/mol. The van der Waals surface area contributed by atoms with Crippen LogP contribution < -0.4 is 0 Å². The third-order valence-electron chi connectivity index (χ3n) is 8.03. The Morgan fingerprint density at radius 2 is 0.919 bits per heavy atom. The summed E-state index contributed by atoms with van der Waals surface area (Å²) in [5.74, 6) is -0.148. The van der Waals surface area contributed by atoms with Crippen LogP contribution in [0.25, 0.3) is 0 Å². The molecule has 0 saturated heterocycles. The number of unbranched alkanes of at least 4 members (excludes halogenated alkanes) is 16. The molecular formula is C33H62O4. The van der Waals surface area contributed by atoms with E-state index in [1.165, 1.54) is 96.3 Å². The maximum Gasteiger partial charge on any atom is 0.309 e. The van der Waals surface area contributed by atoms with Crippen molar-refractivity contribution in [2.45, 2.75) is 168 Å². The number of hydrogen-bond donors (Lipinski definition) is 0. The van der Waals surface area contributed by atoms with Crippen molar-refractivity contribution >= 4 is 11.9 Å². The van der Waals surface area contributed by atoms with Crippen molar-refractivity contribution in [3.63, 3.8) is 0 Å². The predicted molar refractivity (Wildman–Crippen MR) is 156 cm³/mol. The Bertz CT molecular complexity index is 544. The number of esters is 2. The van der Waals surface area contributed by atoms with Gasteiger partial charge < -0.3 is 9.47 Å². The summed E-state index contributed by atoms with van der Waals surface area (Å²) in [6.07, 6.45) is 27.5. The van der Waals surface area contributed by atoms with Crippen molar-refractivity contribution in [2.24, 2.45) is 17.8 Å². The van der Waals surface area contributed by atoms with Crippen molar-refractivity contribution in [1.82, 2.24) is 0 Å². The Morgan fingerprint density at radius 3 is 1.30 bits per heavy atom. The van der Waals surface area contributed by atoms with E-state index in [4.69, 9.17) is 9.47 Å². The summed E-state index contributed by atoms with van der Waals surface area (Å²) in [6, 6.07) is 0. The van der Waals surface area contributed by atoms with E-state index in [0.717, 1.165) is 57.3 Å². The van der Waals surface area contributed by atoms with Gasteiger partial charge in [0, 0.05) is 0 Å². The highest BCUT2D eigenvalue weighted by Gasteiger charge is 2.37. The molecule has 0 aromatic heterocycles. The summed E-state index contributed by atoms with van der Waals surface area (Å²) in [5, 5.41) is 0. The van der Waals surface area contributed by atoms with E-state index in [1.807, 2.05) is 0 Å². The minimum Gasteiger partial charge on any atom is -0.465 e. The van der Waals surface area contributed by atoms with Gasteiger partial charge >= 0.3 is 11.9 Å². The zero-order valence-corrected chi connectivity index (χ0v) is 25.0. The minimum atomic E-state index is -0.306. The number of ether oxygens (including phenoxy) is 2. The molecule has 1 aliphatic carbocycles. The second-order valence-electron chi connectivity index (χ2n) is 12.0. The normalized spacial score (nSPS) is 17.7. The fraction of sp³-hybridized carbons (Fsp3) is 0.939. The number of carbonyl (C=O) groups excluding carboxylic acids is 2. The number of hydrogen-bond acceptors (Lipinski definition) is 4. The molecule has 0 aliphatic heterocycles. The molecule has 0 N–H and O–H groups in total. The van der Waals surface area contributed by atoms with E-state index >= 15 is 0 Å². The van der Waals surface area contributed by atoms with Gasteiger partial charge in [0.15, 0.2) is 0 Å². The highest BCUT2D eigenvalue weighted by molar-refractivity contribution is 5.82. The van der Waals surface area contributed by atoms with E-state index in [9.17, 15) is 9.59 Å². The van der Waals surface area contributed by atoms with Crippen LogP contribution in [0.4, 0.5) is 0 Å². The summed E-state index contributed by atoms with van der Waals surface area (Å²) in [4.78, 5) is 25.4. The molecule has 4 nitrogen and oxygen atoms in total. The van der Waals surface area contributed by atoms with Gasteiger partial charge in [-0.3, -0.25) is 9.59 Å². The highest BCUT2D eigenvalue weighted by Crippen LogP contribution is 2.32. The van der Waals surface area contributed by atoms with E-state index in [-0.39, 0.29) is 23.8 Å². The Kier molecular flexibility index (Phi) is 22.0. The summed E-state index contributed by atoms with van der Waals surface area (Å²) in [7, 11) is 0. The maximum atomic E-state index is 12.7. The molecule has 1 saturated carbocycles. The van der Waals surface area contributed by atoms with Crippen LogP contribution in [0.1, 0.15) is 168 Å². The van der Waals surface area contributed by atoms with Crippen LogP contribution in [-0.4, -0.2) is 25.2 Å². The SMILES string of the molecule is CCCCCCCCCCCCCOC(=O)C1CCCCC1C(=O)OCCCCCCCCCC(C)C. The van der Waals surface area contributed by atoms with Crippen molar-refractivity contribution in [3.8, 4) is 0 Å². The quantitative estimate of drug-likeness (QED) is 0.0934. The Balaban J connectivity index is 2.07. The smallest absolute Gasteiger partial charge is 0.309 e. The van der Waals surface area contributed by atoms with Gasteiger partial charge in [-0.25, -0.2) is 0 Å². The lowest BCUT2D eigenvalue weighted by Gasteiger charge is -2.28. The van der Waals surface area contributed by atoms with Crippen LogP contribution in [-0.2, 0) is 19.1 Å². The molecule has 4 heteroatoms. The first kappa shape index (κ1) is 34.0. The second-order valence-corrected chi connectivity index (χ2v) is 12.0. The van der Waals surface area contributed by atoms with E-state index in [1.54, 1.807) is 0 Å². The molecule has 0 radical (unpaired) electrons. The molecule has 0 aromatic rings. The first-order valence-electron chi connectivity index (χ1n) is 16.4.